The SMILES string of the molecule is CCc1cc2cnc(S(C)(=O)=O)nc2o1.CCc1cc2cnc(SC)nc2o1. The van der Waals surface area contributed by atoms with E-state index in [1.54, 1.807) is 12.3 Å². The predicted molar refractivity (Wildman–Crippen MR) is 107 cm³/mol. The molecule has 0 fully saturated rings. The minimum Gasteiger partial charge on any atom is -0.443 e. The highest BCUT2D eigenvalue weighted by Gasteiger charge is 2.13. The molecule has 4 aromatic heterocycles. The fourth-order valence-electron chi connectivity index (χ4n) is 2.36. The molecule has 10 heteroatoms. The van der Waals surface area contributed by atoms with E-state index in [1.807, 2.05) is 19.2 Å². The molecule has 0 unspecified atom stereocenters. The van der Waals surface area contributed by atoms with Gasteiger partial charge >= 0.3 is 0 Å². The Bertz CT molecular complexity index is 1210. The number of fused-ring (bicyclic) bond motifs is 2. The zero-order valence-corrected chi connectivity index (χ0v) is 17.6. The first kappa shape index (κ1) is 20.3. The lowest BCUT2D eigenvalue weighted by Gasteiger charge is -1.94. The molecular formula is C18H20N4O4S2. The molecule has 0 aromatic carbocycles. The number of thioether (sulfide) groups is 1. The van der Waals surface area contributed by atoms with Crippen molar-refractivity contribution in [1.29, 1.82) is 0 Å². The fraction of sp³-hybridized carbons (Fsp3) is 0.333. The van der Waals surface area contributed by atoms with E-state index >= 15 is 0 Å². The number of aryl methyl sites for hydroxylation is 2. The molecule has 0 radical (unpaired) electrons. The van der Waals surface area contributed by atoms with Crippen molar-refractivity contribution in [3.63, 3.8) is 0 Å². The smallest absolute Gasteiger partial charge is 0.250 e. The summed E-state index contributed by atoms with van der Waals surface area (Å²) < 4.78 is 33.2. The van der Waals surface area contributed by atoms with Gasteiger partial charge < -0.3 is 8.83 Å². The van der Waals surface area contributed by atoms with Crippen LogP contribution in [0.5, 0.6) is 0 Å². The largest absolute Gasteiger partial charge is 0.443 e. The molecule has 0 atom stereocenters. The maximum Gasteiger partial charge on any atom is 0.250 e. The first-order valence-corrected chi connectivity index (χ1v) is 11.7. The van der Waals surface area contributed by atoms with Gasteiger partial charge in [-0.05, 0) is 18.4 Å². The monoisotopic (exact) mass is 420 g/mol. The van der Waals surface area contributed by atoms with E-state index in [4.69, 9.17) is 8.83 Å². The number of aromatic nitrogens is 4. The van der Waals surface area contributed by atoms with Gasteiger partial charge in [0.15, 0.2) is 5.16 Å². The number of sulfone groups is 1. The molecule has 0 spiro atoms. The molecule has 148 valence electrons. The minimum atomic E-state index is -3.37. The third-order valence-electron chi connectivity index (χ3n) is 3.82. The minimum absolute atomic E-state index is 0.202. The molecule has 0 aliphatic heterocycles. The summed E-state index contributed by atoms with van der Waals surface area (Å²) in [6, 6.07) is 3.79. The van der Waals surface area contributed by atoms with Crippen molar-refractivity contribution in [2.24, 2.45) is 0 Å². The van der Waals surface area contributed by atoms with Crippen molar-refractivity contribution in [2.75, 3.05) is 12.5 Å². The molecule has 0 saturated carbocycles. The second-order valence-corrected chi connectivity index (χ2v) is 8.62. The van der Waals surface area contributed by atoms with E-state index in [1.165, 1.54) is 18.0 Å². The summed E-state index contributed by atoms with van der Waals surface area (Å²) >= 11 is 1.52. The number of nitrogens with zero attached hydrogens (tertiary/aromatic N) is 4. The summed E-state index contributed by atoms with van der Waals surface area (Å²) in [5, 5.41) is 2.26. The quantitative estimate of drug-likeness (QED) is 0.360. The molecule has 4 heterocycles. The Hall–Kier alpha value is -2.46. The Labute approximate surface area is 166 Å². The lowest BCUT2D eigenvalue weighted by Crippen LogP contribution is -2.02. The summed E-state index contributed by atoms with van der Waals surface area (Å²) in [5.74, 6) is 1.73. The summed E-state index contributed by atoms with van der Waals surface area (Å²) in [6.45, 7) is 4.00. The van der Waals surface area contributed by atoms with E-state index < -0.39 is 9.84 Å². The van der Waals surface area contributed by atoms with Gasteiger partial charge in [-0.2, -0.15) is 9.97 Å². The van der Waals surface area contributed by atoms with Crippen LogP contribution in [-0.2, 0) is 22.7 Å². The van der Waals surface area contributed by atoms with E-state index in [2.05, 4.69) is 26.9 Å². The fourth-order valence-corrected chi connectivity index (χ4v) is 3.19. The van der Waals surface area contributed by atoms with Gasteiger partial charge in [0.2, 0.25) is 26.4 Å². The van der Waals surface area contributed by atoms with Gasteiger partial charge in [0.25, 0.3) is 0 Å². The second-order valence-electron chi connectivity index (χ2n) is 5.93. The summed E-state index contributed by atoms with van der Waals surface area (Å²) in [5.41, 5.74) is 1.01. The molecule has 4 aromatic rings. The van der Waals surface area contributed by atoms with Crippen molar-refractivity contribution in [3.05, 3.63) is 36.0 Å². The number of rotatable bonds is 4. The van der Waals surface area contributed by atoms with Gasteiger partial charge in [-0.3, -0.25) is 0 Å². The van der Waals surface area contributed by atoms with Crippen molar-refractivity contribution in [1.82, 2.24) is 19.9 Å². The van der Waals surface area contributed by atoms with Crippen LogP contribution >= 0.6 is 11.8 Å². The van der Waals surface area contributed by atoms with E-state index in [9.17, 15) is 8.42 Å². The van der Waals surface area contributed by atoms with E-state index in [-0.39, 0.29) is 5.16 Å². The highest BCUT2D eigenvalue weighted by atomic mass is 32.2. The normalized spacial score (nSPS) is 11.6. The first-order chi connectivity index (χ1) is 13.3. The van der Waals surface area contributed by atoms with Gasteiger partial charge in [-0.25, -0.2) is 18.4 Å². The van der Waals surface area contributed by atoms with Crippen LogP contribution in [0.1, 0.15) is 25.4 Å². The molecule has 8 nitrogen and oxygen atoms in total. The summed E-state index contributed by atoms with van der Waals surface area (Å²) in [4.78, 5) is 16.0. The molecule has 0 saturated heterocycles. The van der Waals surface area contributed by atoms with Crippen LogP contribution in [0.4, 0.5) is 0 Å². The van der Waals surface area contributed by atoms with Crippen LogP contribution < -0.4 is 0 Å². The van der Waals surface area contributed by atoms with E-state index in [0.29, 0.717) is 11.4 Å². The molecule has 0 amide bonds. The lowest BCUT2D eigenvalue weighted by molar-refractivity contribution is 0.540. The van der Waals surface area contributed by atoms with Gasteiger partial charge in [0.05, 0.1) is 10.8 Å². The first-order valence-electron chi connectivity index (χ1n) is 8.59. The maximum atomic E-state index is 11.2. The van der Waals surface area contributed by atoms with Gasteiger partial charge in [0.1, 0.15) is 11.5 Å². The average molecular weight is 421 g/mol. The third-order valence-corrected chi connectivity index (χ3v) is 5.24. The molecule has 0 N–H and O–H groups in total. The summed E-state index contributed by atoms with van der Waals surface area (Å²) in [7, 11) is -3.37. The van der Waals surface area contributed by atoms with Crippen LogP contribution in [0.15, 0.2) is 43.7 Å². The molecular weight excluding hydrogens is 400 g/mol. The maximum absolute atomic E-state index is 11.2. The van der Waals surface area contributed by atoms with Crippen molar-refractivity contribution >= 4 is 43.8 Å². The molecule has 4 rings (SSSR count). The highest BCUT2D eigenvalue weighted by molar-refractivity contribution is 7.98. The molecule has 0 bridgehead atoms. The van der Waals surface area contributed by atoms with Gasteiger partial charge in [0, 0.05) is 31.5 Å². The molecule has 0 aliphatic carbocycles. The van der Waals surface area contributed by atoms with Crippen molar-refractivity contribution < 1.29 is 17.3 Å². The molecule has 28 heavy (non-hydrogen) atoms. The van der Waals surface area contributed by atoms with Gasteiger partial charge in [-0.15, -0.1) is 0 Å². The Morgan fingerprint density at radius 1 is 0.929 bits per heavy atom. The Kier molecular flexibility index (Phi) is 5.99. The zero-order valence-electron chi connectivity index (χ0n) is 16.0. The zero-order chi connectivity index (χ0) is 20.3. The second kappa shape index (κ2) is 8.27. The highest BCUT2D eigenvalue weighted by Crippen LogP contribution is 2.19. The topological polar surface area (TPSA) is 112 Å². The van der Waals surface area contributed by atoms with E-state index in [0.717, 1.165) is 46.5 Å². The predicted octanol–water partition coefficient (Wildman–Crippen LogP) is 3.70. The third kappa shape index (κ3) is 4.50. The van der Waals surface area contributed by atoms with Crippen molar-refractivity contribution in [2.45, 2.75) is 37.0 Å². The number of furan rings is 2. The van der Waals surface area contributed by atoms with Crippen molar-refractivity contribution in [3.8, 4) is 0 Å². The van der Waals surface area contributed by atoms with Gasteiger partial charge in [-0.1, -0.05) is 25.6 Å². The Morgan fingerprint density at radius 2 is 1.46 bits per heavy atom. The summed E-state index contributed by atoms with van der Waals surface area (Å²) in [6.07, 6.45) is 7.91. The molecule has 0 aliphatic rings. The standard InChI is InChI=1S/C9H10N2O3S.C9H10N2OS/c1-3-7-4-6-5-10-9(15(2,12)13)11-8(6)14-7;1-3-7-4-6-5-10-9(13-2)11-8(6)12-7/h4-5H,3H2,1-2H3;4-5H,3H2,1-2H3. The van der Waals surface area contributed by atoms with Crippen LogP contribution in [0, 0.1) is 0 Å². The Balaban J connectivity index is 0.000000162. The Morgan fingerprint density at radius 3 is 1.96 bits per heavy atom. The van der Waals surface area contributed by atoms with Crippen LogP contribution in [-0.4, -0.2) is 40.9 Å². The van der Waals surface area contributed by atoms with Crippen LogP contribution in [0.2, 0.25) is 0 Å². The van der Waals surface area contributed by atoms with Crippen LogP contribution in [0.3, 0.4) is 0 Å². The van der Waals surface area contributed by atoms with Crippen LogP contribution in [0.25, 0.3) is 22.2 Å². The number of hydrogen-bond donors (Lipinski definition) is 0. The number of hydrogen-bond acceptors (Lipinski definition) is 9. The average Bonchev–Trinajstić information content (AvgIpc) is 3.29. The lowest BCUT2D eigenvalue weighted by atomic mass is 10.3.